The predicted octanol–water partition coefficient (Wildman–Crippen LogP) is 2.98. The molecule has 0 amide bonds. The average Bonchev–Trinajstić information content (AvgIpc) is 3.14. The standard InChI is InChI=1S/C18H29N5O.HI/c1-5-19-18(21-12-10-16-8-7-13-24-16)20-11-6-9-17-14(2)22-23(4)15(17)3;/h7-8,13H,5-6,9-12H2,1-4H3,(H2,19,20,21);1H. The van der Waals surface area contributed by atoms with E-state index in [1.807, 2.05) is 23.9 Å². The Hall–Kier alpha value is -1.51. The van der Waals surface area contributed by atoms with Crippen LogP contribution < -0.4 is 10.6 Å². The van der Waals surface area contributed by atoms with Crippen LogP contribution in [0.15, 0.2) is 27.8 Å². The lowest BCUT2D eigenvalue weighted by Gasteiger charge is -2.10. The van der Waals surface area contributed by atoms with E-state index in [0.717, 1.165) is 56.3 Å². The highest BCUT2D eigenvalue weighted by molar-refractivity contribution is 14.0. The number of furan rings is 1. The molecule has 0 fully saturated rings. The Morgan fingerprint density at radius 1 is 1.28 bits per heavy atom. The van der Waals surface area contributed by atoms with Gasteiger partial charge in [0.1, 0.15) is 5.76 Å². The Balaban J connectivity index is 0.00000312. The quantitative estimate of drug-likeness (QED) is 0.276. The van der Waals surface area contributed by atoms with Crippen molar-refractivity contribution in [1.82, 2.24) is 20.4 Å². The number of guanidine groups is 1. The molecule has 0 atom stereocenters. The van der Waals surface area contributed by atoms with Gasteiger partial charge in [0.15, 0.2) is 5.96 Å². The van der Waals surface area contributed by atoms with Gasteiger partial charge in [-0.15, -0.1) is 24.0 Å². The number of nitrogens with one attached hydrogen (secondary N) is 2. The second-order valence-corrected chi connectivity index (χ2v) is 5.89. The van der Waals surface area contributed by atoms with E-state index in [4.69, 9.17) is 4.42 Å². The molecule has 0 spiro atoms. The Morgan fingerprint density at radius 3 is 2.68 bits per heavy atom. The van der Waals surface area contributed by atoms with Crippen LogP contribution in [0.4, 0.5) is 0 Å². The first-order chi connectivity index (χ1) is 11.6. The number of halogens is 1. The SMILES string of the molecule is CCNC(=NCCCc1c(C)nn(C)c1C)NCCc1ccco1.I. The highest BCUT2D eigenvalue weighted by Crippen LogP contribution is 2.13. The first-order valence-corrected chi connectivity index (χ1v) is 8.65. The van der Waals surface area contributed by atoms with Gasteiger partial charge < -0.3 is 15.1 Å². The predicted molar refractivity (Wildman–Crippen MR) is 113 cm³/mol. The van der Waals surface area contributed by atoms with Crippen LogP contribution in [-0.4, -0.2) is 35.4 Å². The van der Waals surface area contributed by atoms with E-state index in [1.54, 1.807) is 6.26 Å². The molecule has 140 valence electrons. The summed E-state index contributed by atoms with van der Waals surface area (Å²) in [6.07, 6.45) is 4.59. The van der Waals surface area contributed by atoms with Crippen LogP contribution in [0.1, 0.15) is 36.1 Å². The molecule has 0 bridgehead atoms. The maximum Gasteiger partial charge on any atom is 0.191 e. The summed E-state index contributed by atoms with van der Waals surface area (Å²) >= 11 is 0. The summed E-state index contributed by atoms with van der Waals surface area (Å²) in [4.78, 5) is 4.65. The van der Waals surface area contributed by atoms with Crippen molar-refractivity contribution in [2.75, 3.05) is 19.6 Å². The van der Waals surface area contributed by atoms with Crippen molar-refractivity contribution in [3.05, 3.63) is 41.1 Å². The third kappa shape index (κ3) is 6.72. The minimum atomic E-state index is 0. The fourth-order valence-corrected chi connectivity index (χ4v) is 2.73. The number of rotatable bonds is 8. The molecular formula is C18H30IN5O. The number of hydrogen-bond acceptors (Lipinski definition) is 3. The lowest BCUT2D eigenvalue weighted by Crippen LogP contribution is -2.38. The monoisotopic (exact) mass is 459 g/mol. The van der Waals surface area contributed by atoms with E-state index in [-0.39, 0.29) is 24.0 Å². The number of aromatic nitrogens is 2. The van der Waals surface area contributed by atoms with Crippen LogP contribution in [0, 0.1) is 13.8 Å². The van der Waals surface area contributed by atoms with Gasteiger partial charge in [-0.05, 0) is 51.3 Å². The third-order valence-electron chi connectivity index (χ3n) is 4.10. The average molecular weight is 459 g/mol. The molecule has 0 aliphatic heterocycles. The Kier molecular flexibility index (Phi) is 9.62. The summed E-state index contributed by atoms with van der Waals surface area (Å²) < 4.78 is 7.29. The van der Waals surface area contributed by atoms with Crippen LogP contribution >= 0.6 is 24.0 Å². The van der Waals surface area contributed by atoms with Crippen molar-refractivity contribution >= 4 is 29.9 Å². The molecule has 2 aromatic rings. The van der Waals surface area contributed by atoms with Gasteiger partial charge in [0.25, 0.3) is 0 Å². The molecule has 0 unspecified atom stereocenters. The van der Waals surface area contributed by atoms with E-state index in [9.17, 15) is 0 Å². The molecule has 0 aromatic carbocycles. The van der Waals surface area contributed by atoms with Crippen LogP contribution in [-0.2, 0) is 19.9 Å². The zero-order valence-corrected chi connectivity index (χ0v) is 18.0. The topological polar surface area (TPSA) is 67.4 Å². The van der Waals surface area contributed by atoms with Crippen LogP contribution in [0.3, 0.4) is 0 Å². The maximum atomic E-state index is 5.34. The highest BCUT2D eigenvalue weighted by Gasteiger charge is 2.08. The Morgan fingerprint density at radius 2 is 2.08 bits per heavy atom. The number of aryl methyl sites for hydroxylation is 2. The first-order valence-electron chi connectivity index (χ1n) is 8.65. The van der Waals surface area contributed by atoms with E-state index < -0.39 is 0 Å². The molecule has 25 heavy (non-hydrogen) atoms. The van der Waals surface area contributed by atoms with Crippen molar-refractivity contribution in [1.29, 1.82) is 0 Å². The van der Waals surface area contributed by atoms with Gasteiger partial charge in [0.2, 0.25) is 0 Å². The van der Waals surface area contributed by atoms with Crippen molar-refractivity contribution in [3.63, 3.8) is 0 Å². The molecule has 6 nitrogen and oxygen atoms in total. The zero-order chi connectivity index (χ0) is 17.4. The van der Waals surface area contributed by atoms with E-state index in [0.29, 0.717) is 0 Å². The van der Waals surface area contributed by atoms with Gasteiger partial charge in [-0.25, -0.2) is 0 Å². The lowest BCUT2D eigenvalue weighted by molar-refractivity contribution is 0.507. The molecule has 2 aromatic heterocycles. The zero-order valence-electron chi connectivity index (χ0n) is 15.6. The molecule has 0 radical (unpaired) electrons. The third-order valence-corrected chi connectivity index (χ3v) is 4.10. The maximum absolute atomic E-state index is 5.34. The van der Waals surface area contributed by atoms with Gasteiger partial charge in [0.05, 0.1) is 12.0 Å². The van der Waals surface area contributed by atoms with E-state index >= 15 is 0 Å². The van der Waals surface area contributed by atoms with Crippen LogP contribution in [0.2, 0.25) is 0 Å². The largest absolute Gasteiger partial charge is 0.469 e. The van der Waals surface area contributed by atoms with Gasteiger partial charge in [-0.3, -0.25) is 9.67 Å². The molecular weight excluding hydrogens is 429 g/mol. The Bertz CT molecular complexity index is 649. The van der Waals surface area contributed by atoms with Crippen molar-refractivity contribution in [2.45, 2.75) is 40.0 Å². The van der Waals surface area contributed by atoms with Crippen LogP contribution in [0.25, 0.3) is 0 Å². The summed E-state index contributed by atoms with van der Waals surface area (Å²) in [5.74, 6) is 1.85. The minimum absolute atomic E-state index is 0. The van der Waals surface area contributed by atoms with E-state index in [1.165, 1.54) is 11.3 Å². The van der Waals surface area contributed by atoms with Gasteiger partial charge in [-0.2, -0.15) is 5.10 Å². The molecule has 0 saturated heterocycles. The summed E-state index contributed by atoms with van der Waals surface area (Å²) in [5.41, 5.74) is 3.73. The number of aliphatic imine (C=N–C) groups is 1. The van der Waals surface area contributed by atoms with Gasteiger partial charge >= 0.3 is 0 Å². The molecule has 2 rings (SSSR count). The molecule has 0 aliphatic carbocycles. The lowest BCUT2D eigenvalue weighted by atomic mass is 10.1. The van der Waals surface area contributed by atoms with Gasteiger partial charge in [-0.1, -0.05) is 0 Å². The first kappa shape index (κ1) is 21.5. The number of nitrogens with zero attached hydrogens (tertiary/aromatic N) is 3. The molecule has 2 heterocycles. The second kappa shape index (κ2) is 11.2. The fourth-order valence-electron chi connectivity index (χ4n) is 2.73. The molecule has 0 aliphatic rings. The Labute approximate surface area is 167 Å². The smallest absolute Gasteiger partial charge is 0.191 e. The fraction of sp³-hybridized carbons (Fsp3) is 0.556. The molecule has 2 N–H and O–H groups in total. The highest BCUT2D eigenvalue weighted by atomic mass is 127. The summed E-state index contributed by atoms with van der Waals surface area (Å²) in [6.45, 7) is 8.73. The molecule has 7 heteroatoms. The van der Waals surface area contributed by atoms with Crippen molar-refractivity contribution in [3.8, 4) is 0 Å². The van der Waals surface area contributed by atoms with Gasteiger partial charge in [0, 0.05) is 38.8 Å². The summed E-state index contributed by atoms with van der Waals surface area (Å²) in [7, 11) is 2.00. The number of hydrogen-bond donors (Lipinski definition) is 2. The van der Waals surface area contributed by atoms with Crippen molar-refractivity contribution < 1.29 is 4.42 Å². The van der Waals surface area contributed by atoms with E-state index in [2.05, 4.69) is 41.5 Å². The van der Waals surface area contributed by atoms with Crippen LogP contribution in [0.5, 0.6) is 0 Å². The minimum Gasteiger partial charge on any atom is -0.469 e. The summed E-state index contributed by atoms with van der Waals surface area (Å²) in [6, 6.07) is 3.90. The second-order valence-electron chi connectivity index (χ2n) is 5.89. The molecule has 0 saturated carbocycles. The van der Waals surface area contributed by atoms with Crippen molar-refractivity contribution in [2.24, 2.45) is 12.0 Å². The normalized spacial score (nSPS) is 11.3. The summed E-state index contributed by atoms with van der Waals surface area (Å²) in [5, 5.41) is 11.1.